The van der Waals surface area contributed by atoms with Crippen molar-refractivity contribution in [3.8, 4) is 11.5 Å². The van der Waals surface area contributed by atoms with Gasteiger partial charge in [0.05, 0.1) is 12.9 Å². The molecule has 0 N–H and O–H groups in total. The van der Waals surface area contributed by atoms with Crippen LogP contribution in [0.5, 0.6) is 11.5 Å². The number of methoxy groups -OCH3 is 1. The molecule has 0 saturated carbocycles. The van der Waals surface area contributed by atoms with Crippen molar-refractivity contribution in [3.05, 3.63) is 65.5 Å². The summed E-state index contributed by atoms with van der Waals surface area (Å²) >= 11 is 1.36. The molecule has 1 heterocycles. The number of Topliss-reactive ketones (excluding diaryl/α,β-unsaturated/α-hetero) is 1. The zero-order valence-electron chi connectivity index (χ0n) is 17.1. The Morgan fingerprint density at radius 3 is 2.34 bits per heavy atom. The van der Waals surface area contributed by atoms with E-state index < -0.39 is 0 Å². The second-order valence-electron chi connectivity index (χ2n) is 6.60. The van der Waals surface area contributed by atoms with E-state index in [4.69, 9.17) is 9.47 Å². The fourth-order valence-corrected chi connectivity index (χ4v) is 3.67. The highest BCUT2D eigenvalue weighted by Gasteiger charge is 2.18. The van der Waals surface area contributed by atoms with Crippen LogP contribution < -0.4 is 9.47 Å². The predicted molar refractivity (Wildman–Crippen MR) is 114 cm³/mol. The summed E-state index contributed by atoms with van der Waals surface area (Å²) in [5, 5.41) is 9.16. The van der Waals surface area contributed by atoms with Gasteiger partial charge in [-0.1, -0.05) is 30.8 Å². The normalized spacial score (nSPS) is 11.9. The van der Waals surface area contributed by atoms with Gasteiger partial charge in [-0.15, -0.1) is 10.2 Å². The average Bonchev–Trinajstić information content (AvgIpc) is 3.13. The second-order valence-corrected chi connectivity index (χ2v) is 7.54. The van der Waals surface area contributed by atoms with Gasteiger partial charge < -0.3 is 14.0 Å². The van der Waals surface area contributed by atoms with Crippen LogP contribution in [0.2, 0.25) is 0 Å². The molecule has 0 aliphatic heterocycles. The van der Waals surface area contributed by atoms with Crippen molar-refractivity contribution in [1.82, 2.24) is 14.8 Å². The Bertz CT molecular complexity index is 952. The molecule has 152 valence electrons. The van der Waals surface area contributed by atoms with Crippen LogP contribution in [0, 0.1) is 0 Å². The number of hydrogen-bond acceptors (Lipinski definition) is 6. The summed E-state index contributed by atoms with van der Waals surface area (Å²) in [5.74, 6) is 2.55. The van der Waals surface area contributed by atoms with Crippen LogP contribution >= 0.6 is 11.8 Å². The summed E-state index contributed by atoms with van der Waals surface area (Å²) in [6.45, 7) is 4.06. The lowest BCUT2D eigenvalue weighted by Gasteiger charge is -2.14. The molecule has 0 fully saturated rings. The smallest absolute Gasteiger partial charge is 0.191 e. The number of benzene rings is 2. The molecule has 0 aliphatic carbocycles. The number of aromatic nitrogens is 3. The van der Waals surface area contributed by atoms with Crippen molar-refractivity contribution in [1.29, 1.82) is 0 Å². The first kappa shape index (κ1) is 20.9. The van der Waals surface area contributed by atoms with Gasteiger partial charge in [-0.05, 0) is 55.3 Å². The third-order valence-corrected chi connectivity index (χ3v) is 5.64. The van der Waals surface area contributed by atoms with Gasteiger partial charge in [0.1, 0.15) is 11.5 Å². The van der Waals surface area contributed by atoms with E-state index in [0.717, 1.165) is 17.9 Å². The molecule has 0 unspecified atom stereocenters. The van der Waals surface area contributed by atoms with Crippen molar-refractivity contribution in [3.63, 3.8) is 0 Å². The monoisotopic (exact) mass is 411 g/mol. The highest BCUT2D eigenvalue weighted by atomic mass is 32.2. The van der Waals surface area contributed by atoms with Crippen LogP contribution in [0.15, 0.2) is 53.7 Å². The summed E-state index contributed by atoms with van der Waals surface area (Å²) in [6, 6.07) is 15.2. The molecule has 3 aromatic rings. The van der Waals surface area contributed by atoms with Gasteiger partial charge in [-0.2, -0.15) is 0 Å². The number of rotatable bonds is 9. The summed E-state index contributed by atoms with van der Waals surface area (Å²) in [4.78, 5) is 12.4. The molecule has 0 bridgehead atoms. The zero-order chi connectivity index (χ0) is 20.8. The second kappa shape index (κ2) is 9.60. The van der Waals surface area contributed by atoms with Gasteiger partial charge in [0.15, 0.2) is 22.9 Å². The minimum absolute atomic E-state index is 0.0301. The van der Waals surface area contributed by atoms with E-state index in [-0.39, 0.29) is 17.6 Å². The van der Waals surface area contributed by atoms with Crippen LogP contribution in [0.4, 0.5) is 0 Å². The van der Waals surface area contributed by atoms with Crippen LogP contribution in [0.25, 0.3) is 0 Å². The van der Waals surface area contributed by atoms with E-state index in [9.17, 15) is 4.79 Å². The molecular weight excluding hydrogens is 386 g/mol. The van der Waals surface area contributed by atoms with Crippen molar-refractivity contribution < 1.29 is 14.3 Å². The molecule has 0 spiro atoms. The Morgan fingerprint density at radius 1 is 1.07 bits per heavy atom. The molecule has 0 aliphatic rings. The maximum atomic E-state index is 12.4. The number of aryl methyl sites for hydroxylation is 1. The Morgan fingerprint density at radius 2 is 1.72 bits per heavy atom. The van der Waals surface area contributed by atoms with Crippen molar-refractivity contribution >= 4 is 17.5 Å². The number of thioether (sulfide) groups is 1. The molecule has 3 rings (SSSR count). The molecule has 0 amide bonds. The molecule has 6 nitrogen and oxygen atoms in total. The highest BCUT2D eigenvalue weighted by Crippen LogP contribution is 2.24. The molecule has 1 atom stereocenters. The number of ketones is 1. The van der Waals surface area contributed by atoms with Crippen molar-refractivity contribution in [2.75, 3.05) is 12.9 Å². The van der Waals surface area contributed by atoms with Crippen LogP contribution in [0.1, 0.15) is 41.7 Å². The SMILES string of the molecule is CCc1ccc(O[C@@H](C)c2nnc(SCC(=O)c3ccc(OC)cc3)n2C)cc1. The number of carbonyl (C=O) groups excluding carboxylic acids is 1. The molecule has 2 aromatic carbocycles. The first-order chi connectivity index (χ1) is 14.0. The fourth-order valence-electron chi connectivity index (χ4n) is 2.86. The minimum atomic E-state index is -0.258. The summed E-state index contributed by atoms with van der Waals surface area (Å²) in [7, 11) is 3.48. The molecule has 1 aromatic heterocycles. The lowest BCUT2D eigenvalue weighted by Crippen LogP contribution is -2.10. The summed E-state index contributed by atoms with van der Waals surface area (Å²) in [5.41, 5.74) is 1.91. The van der Waals surface area contributed by atoms with E-state index >= 15 is 0 Å². The largest absolute Gasteiger partial charge is 0.497 e. The first-order valence-corrected chi connectivity index (χ1v) is 10.4. The Kier molecular flexibility index (Phi) is 6.93. The zero-order valence-corrected chi connectivity index (χ0v) is 17.9. The first-order valence-electron chi connectivity index (χ1n) is 9.46. The third-order valence-electron chi connectivity index (χ3n) is 4.62. The summed E-state index contributed by atoms with van der Waals surface area (Å²) < 4.78 is 13.0. The van der Waals surface area contributed by atoms with Gasteiger partial charge in [-0.25, -0.2) is 0 Å². The fraction of sp³-hybridized carbons (Fsp3) is 0.318. The van der Waals surface area contributed by atoms with E-state index in [1.807, 2.05) is 30.7 Å². The van der Waals surface area contributed by atoms with E-state index in [2.05, 4.69) is 29.3 Å². The van der Waals surface area contributed by atoms with Crippen molar-refractivity contribution in [2.24, 2.45) is 7.05 Å². The van der Waals surface area contributed by atoms with Gasteiger partial charge in [0.2, 0.25) is 0 Å². The number of hydrogen-bond donors (Lipinski definition) is 0. The van der Waals surface area contributed by atoms with Crippen LogP contribution in [-0.2, 0) is 13.5 Å². The predicted octanol–water partition coefficient (Wildman–Crippen LogP) is 4.50. The number of carbonyl (C=O) groups is 1. The van der Waals surface area contributed by atoms with E-state index in [0.29, 0.717) is 16.5 Å². The molecule has 7 heteroatoms. The van der Waals surface area contributed by atoms with Gasteiger partial charge in [0.25, 0.3) is 0 Å². The van der Waals surface area contributed by atoms with Crippen LogP contribution in [-0.4, -0.2) is 33.4 Å². The van der Waals surface area contributed by atoms with E-state index in [1.165, 1.54) is 17.3 Å². The molecule has 29 heavy (non-hydrogen) atoms. The van der Waals surface area contributed by atoms with Crippen LogP contribution in [0.3, 0.4) is 0 Å². The van der Waals surface area contributed by atoms with Crippen molar-refractivity contribution in [2.45, 2.75) is 31.5 Å². The number of nitrogens with zero attached hydrogens (tertiary/aromatic N) is 3. The lowest BCUT2D eigenvalue weighted by molar-refractivity contribution is 0.102. The Balaban J connectivity index is 1.61. The molecule has 0 radical (unpaired) electrons. The lowest BCUT2D eigenvalue weighted by atomic mass is 10.1. The maximum absolute atomic E-state index is 12.4. The molecular formula is C22H25N3O3S. The minimum Gasteiger partial charge on any atom is -0.497 e. The quantitative estimate of drug-likeness (QED) is 0.381. The van der Waals surface area contributed by atoms with E-state index in [1.54, 1.807) is 31.4 Å². The highest BCUT2D eigenvalue weighted by molar-refractivity contribution is 7.99. The topological polar surface area (TPSA) is 66.2 Å². The van der Waals surface area contributed by atoms with Gasteiger partial charge >= 0.3 is 0 Å². The van der Waals surface area contributed by atoms with Gasteiger partial charge in [-0.3, -0.25) is 4.79 Å². The van der Waals surface area contributed by atoms with Gasteiger partial charge in [0, 0.05) is 12.6 Å². The maximum Gasteiger partial charge on any atom is 0.191 e. The standard InChI is InChI=1S/C22H25N3O3S/c1-5-16-6-10-19(11-7-16)28-15(2)21-23-24-22(25(21)3)29-14-20(26)17-8-12-18(27-4)13-9-17/h6-13,15H,5,14H2,1-4H3/t15-/m0/s1. The average molecular weight is 412 g/mol. The molecule has 0 saturated heterocycles. The Hall–Kier alpha value is -2.80. The Labute approximate surface area is 175 Å². The summed E-state index contributed by atoms with van der Waals surface area (Å²) in [6.07, 6.45) is 0.737. The third kappa shape index (κ3) is 5.17. The number of ether oxygens (including phenoxy) is 2.